The van der Waals surface area contributed by atoms with Crippen molar-refractivity contribution in [2.24, 2.45) is 0 Å². The van der Waals surface area contributed by atoms with Gasteiger partial charge in [0.2, 0.25) is 0 Å². The Kier molecular flexibility index (Phi) is 7.96. The number of rotatable bonds is 9. The molecule has 0 spiro atoms. The zero-order valence-electron chi connectivity index (χ0n) is 11.7. The van der Waals surface area contributed by atoms with E-state index in [-0.39, 0.29) is 0 Å². The van der Waals surface area contributed by atoms with Crippen molar-refractivity contribution in [1.82, 2.24) is 0 Å². The van der Waals surface area contributed by atoms with Gasteiger partial charge >= 0.3 is 0 Å². The first-order valence-electron chi connectivity index (χ1n) is 7.25. The smallest absolute Gasteiger partial charge is 0.0190 e. The van der Waals surface area contributed by atoms with Gasteiger partial charge in [0.1, 0.15) is 0 Å². The summed E-state index contributed by atoms with van der Waals surface area (Å²) >= 11 is 0. The van der Waals surface area contributed by atoms with Crippen LogP contribution in [-0.4, -0.2) is 0 Å². The summed E-state index contributed by atoms with van der Waals surface area (Å²) in [5.41, 5.74) is 2.33. The fourth-order valence-corrected chi connectivity index (χ4v) is 2.02. The van der Waals surface area contributed by atoms with Crippen molar-refractivity contribution < 1.29 is 0 Å². The molecule has 0 saturated heterocycles. The molecule has 0 fully saturated rings. The second kappa shape index (κ2) is 9.70. The molecule has 0 aliphatic rings. The Morgan fingerprint density at radius 3 is 2.39 bits per heavy atom. The van der Waals surface area contributed by atoms with Gasteiger partial charge in [-0.1, -0.05) is 88.1 Å². The van der Waals surface area contributed by atoms with Crippen molar-refractivity contribution >= 4 is 5.57 Å². The lowest BCUT2D eigenvalue weighted by Gasteiger charge is -2.00. The first-order valence-corrected chi connectivity index (χ1v) is 7.25. The van der Waals surface area contributed by atoms with E-state index in [1.165, 1.54) is 50.5 Å². The Hall–Kier alpha value is -1.30. The first-order chi connectivity index (χ1) is 8.84. The van der Waals surface area contributed by atoms with Crippen LogP contribution >= 0.6 is 0 Å². The highest BCUT2D eigenvalue weighted by atomic mass is 14.0. The van der Waals surface area contributed by atoms with Crippen LogP contribution in [0.25, 0.3) is 5.57 Å². The summed E-state index contributed by atoms with van der Waals surface area (Å²) in [5.74, 6) is 0. The molecule has 0 unspecified atom stereocenters. The van der Waals surface area contributed by atoms with Crippen molar-refractivity contribution in [2.75, 3.05) is 0 Å². The van der Waals surface area contributed by atoms with Crippen molar-refractivity contribution in [3.05, 3.63) is 54.6 Å². The fourth-order valence-electron chi connectivity index (χ4n) is 2.02. The largest absolute Gasteiger partial charge is 0.0912 e. The van der Waals surface area contributed by atoms with Crippen molar-refractivity contribution in [2.45, 2.75) is 51.9 Å². The SMILES string of the molecule is C=C(C=CCCCCCCCC)c1ccccc1. The monoisotopic (exact) mass is 242 g/mol. The summed E-state index contributed by atoms with van der Waals surface area (Å²) in [6.45, 7) is 6.36. The average Bonchev–Trinajstić information content (AvgIpc) is 2.42. The predicted molar refractivity (Wildman–Crippen MR) is 82.6 cm³/mol. The van der Waals surface area contributed by atoms with Crippen LogP contribution in [0, 0.1) is 0 Å². The van der Waals surface area contributed by atoms with Crippen LogP contribution < -0.4 is 0 Å². The molecule has 0 heteroatoms. The molecule has 98 valence electrons. The van der Waals surface area contributed by atoms with E-state index in [0.717, 1.165) is 5.57 Å². The van der Waals surface area contributed by atoms with Gasteiger partial charge in [-0.25, -0.2) is 0 Å². The molecule has 1 aromatic carbocycles. The maximum atomic E-state index is 4.10. The van der Waals surface area contributed by atoms with Gasteiger partial charge in [0.15, 0.2) is 0 Å². The van der Waals surface area contributed by atoms with Gasteiger partial charge in [0.25, 0.3) is 0 Å². The molecule has 0 atom stereocenters. The van der Waals surface area contributed by atoms with E-state index in [4.69, 9.17) is 0 Å². The lowest BCUT2D eigenvalue weighted by atomic mass is 10.1. The van der Waals surface area contributed by atoms with E-state index >= 15 is 0 Å². The molecule has 0 saturated carbocycles. The zero-order valence-corrected chi connectivity index (χ0v) is 11.7. The van der Waals surface area contributed by atoms with Gasteiger partial charge in [0, 0.05) is 0 Å². The summed E-state index contributed by atoms with van der Waals surface area (Å²) in [5, 5.41) is 0. The third-order valence-corrected chi connectivity index (χ3v) is 3.19. The molecule has 18 heavy (non-hydrogen) atoms. The third-order valence-electron chi connectivity index (χ3n) is 3.19. The topological polar surface area (TPSA) is 0 Å². The Morgan fingerprint density at radius 2 is 1.67 bits per heavy atom. The summed E-state index contributed by atoms with van der Waals surface area (Å²) in [6.07, 6.45) is 13.8. The van der Waals surface area contributed by atoms with Crippen LogP contribution in [0.3, 0.4) is 0 Å². The van der Waals surface area contributed by atoms with E-state index < -0.39 is 0 Å². The number of hydrogen-bond acceptors (Lipinski definition) is 0. The molecule has 1 aromatic rings. The maximum absolute atomic E-state index is 4.10. The van der Waals surface area contributed by atoms with E-state index in [1.54, 1.807) is 0 Å². The Labute approximate surface area is 112 Å². The molecule has 0 heterocycles. The number of allylic oxidation sites excluding steroid dienone is 3. The lowest BCUT2D eigenvalue weighted by Crippen LogP contribution is -1.79. The Bertz CT molecular complexity index is 346. The van der Waals surface area contributed by atoms with Gasteiger partial charge in [-0.15, -0.1) is 0 Å². The molecule has 0 amide bonds. The maximum Gasteiger partial charge on any atom is -0.0190 e. The minimum absolute atomic E-state index is 1.11. The van der Waals surface area contributed by atoms with Crippen LogP contribution in [0.5, 0.6) is 0 Å². The van der Waals surface area contributed by atoms with Gasteiger partial charge in [-0.3, -0.25) is 0 Å². The van der Waals surface area contributed by atoms with Crippen LogP contribution in [0.1, 0.15) is 57.4 Å². The molecule has 0 N–H and O–H groups in total. The van der Waals surface area contributed by atoms with E-state index in [1.807, 2.05) is 6.07 Å². The van der Waals surface area contributed by atoms with Crippen LogP contribution in [-0.2, 0) is 0 Å². The van der Waals surface area contributed by atoms with E-state index in [2.05, 4.69) is 49.9 Å². The van der Waals surface area contributed by atoms with Gasteiger partial charge in [-0.2, -0.15) is 0 Å². The van der Waals surface area contributed by atoms with E-state index in [9.17, 15) is 0 Å². The highest BCUT2D eigenvalue weighted by Crippen LogP contribution is 2.14. The average molecular weight is 242 g/mol. The minimum atomic E-state index is 1.11. The van der Waals surface area contributed by atoms with Crippen LogP contribution in [0.2, 0.25) is 0 Å². The Morgan fingerprint density at radius 1 is 1.00 bits per heavy atom. The molecule has 1 rings (SSSR count). The molecule has 0 nitrogen and oxygen atoms in total. The van der Waals surface area contributed by atoms with Crippen molar-refractivity contribution in [1.29, 1.82) is 0 Å². The summed E-state index contributed by atoms with van der Waals surface area (Å²) in [4.78, 5) is 0. The molecule has 0 bridgehead atoms. The van der Waals surface area contributed by atoms with Crippen molar-refractivity contribution in [3.63, 3.8) is 0 Å². The molecule has 0 radical (unpaired) electrons. The fraction of sp³-hybridized carbons (Fsp3) is 0.444. The highest BCUT2D eigenvalue weighted by molar-refractivity contribution is 5.71. The van der Waals surface area contributed by atoms with Gasteiger partial charge in [-0.05, 0) is 24.0 Å². The van der Waals surface area contributed by atoms with Crippen LogP contribution in [0.15, 0.2) is 49.1 Å². The molecular weight excluding hydrogens is 216 g/mol. The van der Waals surface area contributed by atoms with Gasteiger partial charge < -0.3 is 0 Å². The molecular formula is C18H26. The quantitative estimate of drug-likeness (QED) is 0.367. The van der Waals surface area contributed by atoms with Gasteiger partial charge in [0.05, 0.1) is 0 Å². The second-order valence-electron chi connectivity index (χ2n) is 4.85. The van der Waals surface area contributed by atoms with E-state index in [0.29, 0.717) is 0 Å². The summed E-state index contributed by atoms with van der Waals surface area (Å²) in [6, 6.07) is 10.4. The molecule has 0 aliphatic heterocycles. The molecule has 0 aliphatic carbocycles. The number of benzene rings is 1. The highest BCUT2D eigenvalue weighted by Gasteiger charge is 1.92. The summed E-state index contributed by atoms with van der Waals surface area (Å²) < 4.78 is 0. The standard InChI is InChI=1S/C18H26/c1-3-4-5-6-7-8-9-11-14-17(2)18-15-12-10-13-16-18/h10-16H,2-9H2,1H3. The molecule has 0 aromatic heterocycles. The predicted octanol–water partition coefficient (Wildman–Crippen LogP) is 6.01. The zero-order chi connectivity index (χ0) is 13.1. The second-order valence-corrected chi connectivity index (χ2v) is 4.85. The normalized spacial score (nSPS) is 10.9. The third kappa shape index (κ3) is 6.44. The first kappa shape index (κ1) is 14.8. The van der Waals surface area contributed by atoms with Crippen LogP contribution in [0.4, 0.5) is 0 Å². The lowest BCUT2D eigenvalue weighted by molar-refractivity contribution is 0.611. The minimum Gasteiger partial charge on any atom is -0.0912 e. The van der Waals surface area contributed by atoms with Crippen molar-refractivity contribution in [3.8, 4) is 0 Å². The Balaban J connectivity index is 2.12. The number of unbranched alkanes of at least 4 members (excludes halogenated alkanes) is 6. The number of hydrogen-bond donors (Lipinski definition) is 0. The summed E-state index contributed by atoms with van der Waals surface area (Å²) in [7, 11) is 0.